The van der Waals surface area contributed by atoms with Crippen molar-refractivity contribution in [3.8, 4) is 0 Å². The molecule has 0 aliphatic carbocycles. The van der Waals surface area contributed by atoms with Crippen molar-refractivity contribution in [3.05, 3.63) is 34.5 Å². The lowest BCUT2D eigenvalue weighted by Gasteiger charge is -2.00. The molecule has 0 spiro atoms. The van der Waals surface area contributed by atoms with Crippen LogP contribution >= 0.6 is 27.7 Å². The van der Waals surface area contributed by atoms with Crippen molar-refractivity contribution in [2.24, 2.45) is 0 Å². The monoisotopic (exact) mass is 284 g/mol. The van der Waals surface area contributed by atoms with Gasteiger partial charge in [-0.05, 0) is 23.4 Å². The SMILES string of the molecule is CC(C)SCc1cc2c(Br)cccc2o1. The van der Waals surface area contributed by atoms with Crippen molar-refractivity contribution < 1.29 is 4.42 Å². The topological polar surface area (TPSA) is 13.1 Å². The molecule has 0 aliphatic heterocycles. The summed E-state index contributed by atoms with van der Waals surface area (Å²) in [5.74, 6) is 1.99. The highest BCUT2D eigenvalue weighted by molar-refractivity contribution is 9.10. The van der Waals surface area contributed by atoms with Crippen LogP contribution in [0.1, 0.15) is 19.6 Å². The number of thioether (sulfide) groups is 1. The molecule has 0 saturated heterocycles. The lowest BCUT2D eigenvalue weighted by molar-refractivity contribution is 0.574. The zero-order valence-electron chi connectivity index (χ0n) is 8.79. The first-order chi connectivity index (χ1) is 7.16. The van der Waals surface area contributed by atoms with Crippen molar-refractivity contribution >= 4 is 38.7 Å². The number of halogens is 1. The summed E-state index contributed by atoms with van der Waals surface area (Å²) in [7, 11) is 0. The Balaban J connectivity index is 2.27. The molecular weight excluding hydrogens is 272 g/mol. The van der Waals surface area contributed by atoms with Crippen LogP contribution in [0.5, 0.6) is 0 Å². The molecule has 0 unspecified atom stereocenters. The molecule has 3 heteroatoms. The molecule has 0 atom stereocenters. The maximum absolute atomic E-state index is 5.75. The molecule has 1 nitrogen and oxygen atoms in total. The molecule has 2 rings (SSSR count). The highest BCUT2D eigenvalue weighted by atomic mass is 79.9. The van der Waals surface area contributed by atoms with E-state index in [2.05, 4.69) is 35.8 Å². The van der Waals surface area contributed by atoms with Crippen molar-refractivity contribution in [1.29, 1.82) is 0 Å². The van der Waals surface area contributed by atoms with E-state index >= 15 is 0 Å². The summed E-state index contributed by atoms with van der Waals surface area (Å²) < 4.78 is 6.85. The first-order valence-electron chi connectivity index (χ1n) is 4.95. The molecule has 1 heterocycles. The Morgan fingerprint density at radius 2 is 2.20 bits per heavy atom. The van der Waals surface area contributed by atoms with Gasteiger partial charge in [-0.1, -0.05) is 35.8 Å². The second-order valence-corrected chi connectivity index (χ2v) is 6.14. The Morgan fingerprint density at radius 1 is 1.40 bits per heavy atom. The number of hydrogen-bond acceptors (Lipinski definition) is 2. The van der Waals surface area contributed by atoms with Gasteiger partial charge in [0.15, 0.2) is 0 Å². The number of furan rings is 1. The van der Waals surface area contributed by atoms with Gasteiger partial charge < -0.3 is 4.42 Å². The molecule has 0 saturated carbocycles. The second-order valence-electron chi connectivity index (χ2n) is 3.72. The van der Waals surface area contributed by atoms with E-state index in [4.69, 9.17) is 4.42 Å². The smallest absolute Gasteiger partial charge is 0.135 e. The maximum atomic E-state index is 5.75. The van der Waals surface area contributed by atoms with Crippen molar-refractivity contribution in [3.63, 3.8) is 0 Å². The first kappa shape index (κ1) is 11.1. The third-order valence-electron chi connectivity index (χ3n) is 2.12. The van der Waals surface area contributed by atoms with Crippen LogP contribution in [0.2, 0.25) is 0 Å². The van der Waals surface area contributed by atoms with E-state index < -0.39 is 0 Å². The Morgan fingerprint density at radius 3 is 2.87 bits per heavy atom. The highest BCUT2D eigenvalue weighted by Gasteiger charge is 2.06. The van der Waals surface area contributed by atoms with E-state index in [0.717, 1.165) is 27.0 Å². The van der Waals surface area contributed by atoms with E-state index in [1.807, 2.05) is 30.0 Å². The summed E-state index contributed by atoms with van der Waals surface area (Å²) in [6.45, 7) is 4.40. The van der Waals surface area contributed by atoms with E-state index in [1.54, 1.807) is 0 Å². The summed E-state index contributed by atoms with van der Waals surface area (Å²) in [6, 6.07) is 8.16. The molecule has 2 aromatic rings. The molecule has 0 amide bonds. The average molecular weight is 285 g/mol. The number of fused-ring (bicyclic) bond motifs is 1. The molecule has 0 fully saturated rings. The summed E-state index contributed by atoms with van der Waals surface area (Å²) in [4.78, 5) is 0. The van der Waals surface area contributed by atoms with Gasteiger partial charge in [0.2, 0.25) is 0 Å². The Labute approximate surface area is 102 Å². The van der Waals surface area contributed by atoms with Crippen molar-refractivity contribution in [2.45, 2.75) is 24.9 Å². The van der Waals surface area contributed by atoms with Gasteiger partial charge in [0.05, 0.1) is 5.75 Å². The number of benzene rings is 1. The lowest BCUT2D eigenvalue weighted by Crippen LogP contribution is -1.86. The molecule has 0 N–H and O–H groups in total. The van der Waals surface area contributed by atoms with Gasteiger partial charge >= 0.3 is 0 Å². The quantitative estimate of drug-likeness (QED) is 0.800. The average Bonchev–Trinajstić information content (AvgIpc) is 2.59. The zero-order valence-corrected chi connectivity index (χ0v) is 11.2. The third kappa shape index (κ3) is 2.58. The number of rotatable bonds is 3. The van der Waals surface area contributed by atoms with Gasteiger partial charge in [-0.3, -0.25) is 0 Å². The summed E-state index contributed by atoms with van der Waals surface area (Å²) >= 11 is 5.42. The second kappa shape index (κ2) is 4.62. The Hall–Kier alpha value is -0.410. The highest BCUT2D eigenvalue weighted by Crippen LogP contribution is 2.29. The van der Waals surface area contributed by atoms with Gasteiger partial charge in [-0.2, -0.15) is 11.8 Å². The van der Waals surface area contributed by atoms with Crippen LogP contribution in [-0.4, -0.2) is 5.25 Å². The summed E-state index contributed by atoms with van der Waals surface area (Å²) in [5.41, 5.74) is 0.962. The summed E-state index contributed by atoms with van der Waals surface area (Å²) in [6.07, 6.45) is 0. The predicted molar refractivity (Wildman–Crippen MR) is 70.3 cm³/mol. The summed E-state index contributed by atoms with van der Waals surface area (Å²) in [5, 5.41) is 1.80. The first-order valence-corrected chi connectivity index (χ1v) is 6.79. The molecule has 1 aromatic heterocycles. The molecule has 0 radical (unpaired) electrons. The Bertz CT molecular complexity index is 462. The molecular formula is C12H13BrOS. The lowest BCUT2D eigenvalue weighted by atomic mass is 10.2. The maximum Gasteiger partial charge on any atom is 0.135 e. The minimum Gasteiger partial charge on any atom is -0.460 e. The Kier molecular flexibility index (Phi) is 3.42. The molecule has 15 heavy (non-hydrogen) atoms. The largest absolute Gasteiger partial charge is 0.460 e. The van der Waals surface area contributed by atoms with Crippen LogP contribution in [0.4, 0.5) is 0 Å². The van der Waals surface area contributed by atoms with Crippen LogP contribution in [0, 0.1) is 0 Å². The van der Waals surface area contributed by atoms with Gasteiger partial charge in [0, 0.05) is 9.86 Å². The van der Waals surface area contributed by atoms with E-state index in [1.165, 1.54) is 0 Å². The van der Waals surface area contributed by atoms with Gasteiger partial charge in [0.1, 0.15) is 11.3 Å². The third-order valence-corrected chi connectivity index (χ3v) is 3.93. The van der Waals surface area contributed by atoms with Gasteiger partial charge in [0.25, 0.3) is 0 Å². The van der Waals surface area contributed by atoms with E-state index in [9.17, 15) is 0 Å². The van der Waals surface area contributed by atoms with Gasteiger partial charge in [-0.15, -0.1) is 0 Å². The fourth-order valence-electron chi connectivity index (χ4n) is 1.40. The van der Waals surface area contributed by atoms with Crippen LogP contribution in [0.25, 0.3) is 11.0 Å². The van der Waals surface area contributed by atoms with Crippen LogP contribution in [-0.2, 0) is 5.75 Å². The van der Waals surface area contributed by atoms with Gasteiger partial charge in [-0.25, -0.2) is 0 Å². The molecule has 1 aromatic carbocycles. The normalized spacial score (nSPS) is 11.5. The number of hydrogen-bond donors (Lipinski definition) is 0. The van der Waals surface area contributed by atoms with E-state index in [0.29, 0.717) is 5.25 Å². The molecule has 0 bridgehead atoms. The fourth-order valence-corrected chi connectivity index (χ4v) is 2.50. The molecule has 0 aliphatic rings. The minimum absolute atomic E-state index is 0.640. The standard InChI is InChI=1S/C12H13BrOS/c1-8(2)15-7-9-6-10-11(13)4-3-5-12(10)14-9/h3-6,8H,7H2,1-2H3. The fraction of sp³-hybridized carbons (Fsp3) is 0.333. The zero-order chi connectivity index (χ0) is 10.8. The predicted octanol–water partition coefficient (Wildman–Crippen LogP) is 4.84. The van der Waals surface area contributed by atoms with Crippen LogP contribution in [0.15, 0.2) is 33.2 Å². The molecule has 80 valence electrons. The minimum atomic E-state index is 0.640. The van der Waals surface area contributed by atoms with E-state index in [-0.39, 0.29) is 0 Å². The van der Waals surface area contributed by atoms with Crippen LogP contribution < -0.4 is 0 Å². The van der Waals surface area contributed by atoms with Crippen molar-refractivity contribution in [1.82, 2.24) is 0 Å². The van der Waals surface area contributed by atoms with Crippen LogP contribution in [0.3, 0.4) is 0 Å². The van der Waals surface area contributed by atoms with Crippen molar-refractivity contribution in [2.75, 3.05) is 0 Å².